The van der Waals surface area contributed by atoms with Crippen molar-refractivity contribution in [3.63, 3.8) is 0 Å². The van der Waals surface area contributed by atoms with Crippen LogP contribution in [0.15, 0.2) is 24.3 Å². The summed E-state index contributed by atoms with van der Waals surface area (Å²) >= 11 is 0. The van der Waals surface area contributed by atoms with Crippen LogP contribution in [-0.4, -0.2) is 74.9 Å². The quantitative estimate of drug-likeness (QED) is 0.0211. The summed E-state index contributed by atoms with van der Waals surface area (Å²) in [5.41, 5.74) is 0. The summed E-state index contributed by atoms with van der Waals surface area (Å²) < 4.78 is 34.4. The van der Waals surface area contributed by atoms with Crippen LogP contribution in [0.1, 0.15) is 290 Å². The Labute approximate surface area is 428 Å². The molecule has 10 heteroatoms. The monoisotopic (exact) mass is 997 g/mol. The van der Waals surface area contributed by atoms with Gasteiger partial charge in [-0.1, -0.05) is 256 Å². The number of esters is 2. The van der Waals surface area contributed by atoms with Gasteiger partial charge in [-0.2, -0.15) is 0 Å². The molecular weight excluding hydrogens is 882 g/mol. The molecule has 1 N–H and O–H groups in total. The minimum Gasteiger partial charge on any atom is -0.462 e. The fourth-order valence-corrected chi connectivity index (χ4v) is 9.38. The van der Waals surface area contributed by atoms with Crippen LogP contribution in [0.25, 0.3) is 0 Å². The summed E-state index contributed by atoms with van der Waals surface area (Å²) in [7, 11) is 1.49. The molecule has 0 amide bonds. The lowest BCUT2D eigenvalue weighted by molar-refractivity contribution is -0.870. The first-order valence-electron chi connectivity index (χ1n) is 29.6. The molecule has 0 aromatic heterocycles. The van der Waals surface area contributed by atoms with Crippen molar-refractivity contribution in [1.82, 2.24) is 0 Å². The predicted molar refractivity (Wildman–Crippen MR) is 294 cm³/mol. The Morgan fingerprint density at radius 3 is 1.14 bits per heavy atom. The average molecular weight is 998 g/mol. The van der Waals surface area contributed by atoms with Crippen molar-refractivity contribution in [3.05, 3.63) is 24.3 Å². The first kappa shape index (κ1) is 67.5. The zero-order chi connectivity index (χ0) is 50.6. The Morgan fingerprint density at radius 2 is 0.783 bits per heavy atom. The Balaban J connectivity index is 3.80. The van der Waals surface area contributed by atoms with Gasteiger partial charge in [0.2, 0.25) is 0 Å². The zero-order valence-corrected chi connectivity index (χ0v) is 47.2. The van der Waals surface area contributed by atoms with Gasteiger partial charge >= 0.3 is 19.8 Å². The van der Waals surface area contributed by atoms with E-state index in [2.05, 4.69) is 38.2 Å². The number of quaternary nitrogens is 1. The van der Waals surface area contributed by atoms with Gasteiger partial charge in [-0.3, -0.25) is 18.6 Å². The zero-order valence-electron chi connectivity index (χ0n) is 46.3. The lowest BCUT2D eigenvalue weighted by Gasteiger charge is -2.24. The number of carbonyl (C=O) groups is 2. The third-order valence-electron chi connectivity index (χ3n) is 13.2. The van der Waals surface area contributed by atoms with Gasteiger partial charge in [-0.25, -0.2) is 4.57 Å². The maximum Gasteiger partial charge on any atom is 0.472 e. The van der Waals surface area contributed by atoms with Crippen molar-refractivity contribution in [3.8, 4) is 0 Å². The molecule has 2 atom stereocenters. The van der Waals surface area contributed by atoms with Gasteiger partial charge in [0.1, 0.15) is 19.8 Å². The summed E-state index contributed by atoms with van der Waals surface area (Å²) in [6.07, 6.45) is 61.6. The Kier molecular flexibility index (Phi) is 50.3. The number of allylic oxidation sites excluding steroid dienone is 4. The first-order valence-corrected chi connectivity index (χ1v) is 31.1. The van der Waals surface area contributed by atoms with Crippen LogP contribution < -0.4 is 0 Å². The number of phosphoric ester groups is 1. The number of nitrogens with zero attached hydrogens (tertiary/aromatic N) is 1. The molecule has 0 fully saturated rings. The second kappa shape index (κ2) is 51.4. The summed E-state index contributed by atoms with van der Waals surface area (Å²) in [6.45, 7) is 4.42. The van der Waals surface area contributed by atoms with Crippen LogP contribution in [0.5, 0.6) is 0 Å². The molecule has 0 spiro atoms. The van der Waals surface area contributed by atoms with Crippen molar-refractivity contribution < 1.29 is 42.1 Å². The number of phosphoric acid groups is 1. The molecule has 0 heterocycles. The smallest absolute Gasteiger partial charge is 0.462 e. The summed E-state index contributed by atoms with van der Waals surface area (Å²) in [6, 6.07) is 0. The van der Waals surface area contributed by atoms with Crippen LogP contribution in [-0.2, 0) is 32.7 Å². The van der Waals surface area contributed by atoms with E-state index < -0.39 is 26.5 Å². The van der Waals surface area contributed by atoms with Crippen LogP contribution in [0.2, 0.25) is 0 Å². The lowest BCUT2D eigenvalue weighted by Crippen LogP contribution is -2.37. The maximum atomic E-state index is 12.7. The van der Waals surface area contributed by atoms with Gasteiger partial charge in [0.15, 0.2) is 6.10 Å². The minimum atomic E-state index is -4.37. The van der Waals surface area contributed by atoms with E-state index in [1.165, 1.54) is 218 Å². The van der Waals surface area contributed by atoms with Crippen molar-refractivity contribution in [2.45, 2.75) is 296 Å². The van der Waals surface area contributed by atoms with Gasteiger partial charge in [-0.15, -0.1) is 0 Å². The van der Waals surface area contributed by atoms with E-state index in [1.807, 2.05) is 21.1 Å². The van der Waals surface area contributed by atoms with Gasteiger partial charge in [0.05, 0.1) is 27.7 Å². The van der Waals surface area contributed by atoms with Crippen molar-refractivity contribution in [2.24, 2.45) is 0 Å². The number of ether oxygens (including phenoxy) is 2. The van der Waals surface area contributed by atoms with Crippen molar-refractivity contribution in [1.29, 1.82) is 0 Å². The van der Waals surface area contributed by atoms with Gasteiger partial charge in [0, 0.05) is 12.8 Å². The van der Waals surface area contributed by atoms with E-state index >= 15 is 0 Å². The molecule has 0 radical (unpaired) electrons. The molecule has 0 saturated carbocycles. The molecule has 69 heavy (non-hydrogen) atoms. The number of hydrogen-bond donors (Lipinski definition) is 1. The molecule has 9 nitrogen and oxygen atoms in total. The highest BCUT2D eigenvalue weighted by Crippen LogP contribution is 2.43. The van der Waals surface area contributed by atoms with Crippen LogP contribution in [0.3, 0.4) is 0 Å². The summed E-state index contributed by atoms with van der Waals surface area (Å²) in [5, 5.41) is 0. The van der Waals surface area contributed by atoms with E-state index in [0.29, 0.717) is 23.9 Å². The highest BCUT2D eigenvalue weighted by atomic mass is 31.2. The van der Waals surface area contributed by atoms with E-state index in [4.69, 9.17) is 18.5 Å². The minimum absolute atomic E-state index is 0.0354. The predicted octanol–water partition coefficient (Wildman–Crippen LogP) is 18.2. The summed E-state index contributed by atoms with van der Waals surface area (Å²) in [4.78, 5) is 35.4. The van der Waals surface area contributed by atoms with Crippen LogP contribution in [0, 0.1) is 0 Å². The van der Waals surface area contributed by atoms with Crippen molar-refractivity contribution >= 4 is 19.8 Å². The molecule has 2 unspecified atom stereocenters. The molecule has 0 aliphatic rings. The molecule has 0 bridgehead atoms. The molecule has 0 rings (SSSR count). The number of unbranched alkanes of at least 4 members (excludes halogenated alkanes) is 37. The third kappa shape index (κ3) is 55.7. The number of carbonyl (C=O) groups excluding carboxylic acids is 2. The summed E-state index contributed by atoms with van der Waals surface area (Å²) in [5.74, 6) is -0.788. The van der Waals surface area contributed by atoms with Crippen molar-refractivity contribution in [2.75, 3.05) is 47.5 Å². The van der Waals surface area contributed by atoms with Crippen LogP contribution >= 0.6 is 7.82 Å². The Bertz CT molecular complexity index is 1220. The Morgan fingerprint density at radius 1 is 0.449 bits per heavy atom. The van der Waals surface area contributed by atoms with E-state index in [9.17, 15) is 19.0 Å². The van der Waals surface area contributed by atoms with Crippen LogP contribution in [0.4, 0.5) is 0 Å². The maximum absolute atomic E-state index is 12.7. The third-order valence-corrected chi connectivity index (χ3v) is 14.2. The number of likely N-dealkylation sites (N-methyl/N-ethyl adjacent to an activating group) is 1. The normalized spacial score (nSPS) is 13.4. The molecule has 0 aliphatic heterocycles. The Hall–Kier alpha value is -1.51. The van der Waals surface area contributed by atoms with E-state index in [1.54, 1.807) is 0 Å². The molecule has 408 valence electrons. The molecule has 0 aromatic carbocycles. The largest absolute Gasteiger partial charge is 0.472 e. The SMILES string of the molecule is CCCCCCC/C=C\C/C=C\CCCCCCCCCCCCCCCCCCCCCCCCCCCC(=O)OC(COC(=O)CCCCCCCCCC)COP(=O)(O)OCC[N+](C)(C)C. The highest BCUT2D eigenvalue weighted by molar-refractivity contribution is 7.47. The molecule has 0 aliphatic carbocycles. The standard InChI is InChI=1S/C59H114NO8P/c1-6-8-10-12-14-16-17-18-19-20-21-22-23-24-25-26-27-28-29-30-31-32-33-34-35-36-37-38-39-40-41-42-43-44-46-48-50-52-59(62)68-57(56-67-69(63,64)66-54-53-60(3,4)5)55-65-58(61)51-49-47-45-15-13-11-9-7-2/h17-18,20-21,57H,6-16,19,22-56H2,1-5H3/p+1/b18-17-,21-20-. The van der Waals surface area contributed by atoms with Gasteiger partial charge in [-0.05, 0) is 44.9 Å². The van der Waals surface area contributed by atoms with E-state index in [-0.39, 0.29) is 25.6 Å². The van der Waals surface area contributed by atoms with Gasteiger partial charge < -0.3 is 18.9 Å². The molecule has 0 aromatic rings. The fourth-order valence-electron chi connectivity index (χ4n) is 8.64. The highest BCUT2D eigenvalue weighted by Gasteiger charge is 2.27. The van der Waals surface area contributed by atoms with Gasteiger partial charge in [0.25, 0.3) is 0 Å². The lowest BCUT2D eigenvalue weighted by atomic mass is 10.0. The number of hydrogen-bond acceptors (Lipinski definition) is 7. The number of rotatable bonds is 55. The second-order valence-corrected chi connectivity index (χ2v) is 22.8. The second-order valence-electron chi connectivity index (χ2n) is 21.4. The molecule has 0 saturated heterocycles. The molecular formula is C59H115NO8P+. The topological polar surface area (TPSA) is 108 Å². The van der Waals surface area contributed by atoms with E-state index in [0.717, 1.165) is 38.5 Å². The first-order chi connectivity index (χ1) is 33.5. The fraction of sp³-hybridized carbons (Fsp3) is 0.898. The average Bonchev–Trinajstić information content (AvgIpc) is 3.31.